The van der Waals surface area contributed by atoms with Crippen LogP contribution in [-0.2, 0) is 14.3 Å². The zero-order chi connectivity index (χ0) is 9.31. The first-order valence-corrected chi connectivity index (χ1v) is 4.70. The fourth-order valence-electron chi connectivity index (χ4n) is 2.08. The minimum absolute atomic E-state index is 0.265. The van der Waals surface area contributed by atoms with E-state index < -0.39 is 5.97 Å². The molecule has 0 aromatic heterocycles. The van der Waals surface area contributed by atoms with Gasteiger partial charge in [0.25, 0.3) is 0 Å². The first kappa shape index (κ1) is 8.97. The highest BCUT2D eigenvalue weighted by molar-refractivity contribution is 5.66. The van der Waals surface area contributed by atoms with Crippen LogP contribution in [0.3, 0.4) is 0 Å². The molecule has 1 aliphatic heterocycles. The molecule has 0 unspecified atom stereocenters. The van der Waals surface area contributed by atoms with Crippen LogP contribution in [-0.4, -0.2) is 30.1 Å². The summed E-state index contributed by atoms with van der Waals surface area (Å²) in [5.41, 5.74) is 0. The van der Waals surface area contributed by atoms with Crippen LogP contribution in [0.25, 0.3) is 0 Å². The molecule has 0 amide bonds. The topological polar surface area (TPSA) is 55.8 Å². The molecule has 2 fully saturated rings. The minimum atomic E-state index is -0.714. The van der Waals surface area contributed by atoms with Crippen molar-refractivity contribution in [3.8, 4) is 0 Å². The van der Waals surface area contributed by atoms with Gasteiger partial charge in [-0.1, -0.05) is 0 Å². The van der Waals surface area contributed by atoms with Gasteiger partial charge in [0.2, 0.25) is 0 Å². The Morgan fingerprint density at radius 2 is 2.00 bits per heavy atom. The van der Waals surface area contributed by atoms with Gasteiger partial charge in [-0.05, 0) is 12.3 Å². The molecule has 1 N–H and O–H groups in total. The Labute approximate surface area is 76.8 Å². The quantitative estimate of drug-likeness (QED) is 0.714. The molecule has 4 heteroatoms. The van der Waals surface area contributed by atoms with Crippen molar-refractivity contribution in [3.05, 3.63) is 0 Å². The Balaban J connectivity index is 1.69. The second kappa shape index (κ2) is 3.27. The first-order chi connectivity index (χ1) is 6.20. The number of carboxylic acids is 1. The maximum absolute atomic E-state index is 10.3. The molecule has 2 aliphatic rings. The van der Waals surface area contributed by atoms with E-state index in [9.17, 15) is 4.79 Å². The van der Waals surface area contributed by atoms with Crippen molar-refractivity contribution in [2.75, 3.05) is 13.2 Å². The maximum Gasteiger partial charge on any atom is 0.303 e. The Kier molecular flexibility index (Phi) is 2.26. The summed E-state index contributed by atoms with van der Waals surface area (Å²) >= 11 is 0. The lowest BCUT2D eigenvalue weighted by Crippen LogP contribution is -2.44. The van der Waals surface area contributed by atoms with Crippen LogP contribution in [0.5, 0.6) is 0 Å². The van der Waals surface area contributed by atoms with Crippen LogP contribution >= 0.6 is 0 Å². The van der Waals surface area contributed by atoms with Gasteiger partial charge in [-0.2, -0.15) is 0 Å². The zero-order valence-electron chi connectivity index (χ0n) is 7.49. The molecular weight excluding hydrogens is 172 g/mol. The van der Waals surface area contributed by atoms with Crippen molar-refractivity contribution in [2.24, 2.45) is 5.92 Å². The molecule has 1 saturated heterocycles. The zero-order valence-corrected chi connectivity index (χ0v) is 7.49. The lowest BCUT2D eigenvalue weighted by molar-refractivity contribution is -0.231. The molecule has 1 heterocycles. The average molecular weight is 186 g/mol. The molecule has 0 aromatic rings. The van der Waals surface area contributed by atoms with Crippen molar-refractivity contribution in [2.45, 2.75) is 31.5 Å². The Morgan fingerprint density at radius 3 is 2.54 bits per heavy atom. The van der Waals surface area contributed by atoms with Crippen LogP contribution in [0, 0.1) is 5.92 Å². The summed E-state index contributed by atoms with van der Waals surface area (Å²) in [7, 11) is 0. The molecule has 0 radical (unpaired) electrons. The number of carbonyl (C=O) groups is 1. The number of aliphatic carboxylic acids is 1. The number of hydrogen-bond acceptors (Lipinski definition) is 3. The first-order valence-electron chi connectivity index (χ1n) is 4.70. The molecule has 4 nitrogen and oxygen atoms in total. The second-order valence-corrected chi connectivity index (χ2v) is 3.81. The monoisotopic (exact) mass is 186 g/mol. The summed E-state index contributed by atoms with van der Waals surface area (Å²) in [6.45, 7) is 1.37. The lowest BCUT2D eigenvalue weighted by atomic mass is 9.76. The largest absolute Gasteiger partial charge is 0.481 e. The normalized spacial score (nSPS) is 26.2. The predicted octanol–water partition coefficient (Wildman–Crippen LogP) is 1.00. The van der Waals surface area contributed by atoms with Gasteiger partial charge in [0.15, 0.2) is 5.79 Å². The van der Waals surface area contributed by atoms with Gasteiger partial charge in [0.05, 0.1) is 13.2 Å². The van der Waals surface area contributed by atoms with E-state index in [0.29, 0.717) is 19.1 Å². The van der Waals surface area contributed by atoms with Crippen molar-refractivity contribution >= 4 is 5.97 Å². The van der Waals surface area contributed by atoms with Crippen molar-refractivity contribution in [1.82, 2.24) is 0 Å². The van der Waals surface area contributed by atoms with Gasteiger partial charge in [0.1, 0.15) is 0 Å². The second-order valence-electron chi connectivity index (χ2n) is 3.81. The molecule has 1 aliphatic carbocycles. The summed E-state index contributed by atoms with van der Waals surface area (Å²) in [5, 5.41) is 8.48. The lowest BCUT2D eigenvalue weighted by Gasteiger charge is -2.42. The molecule has 0 aromatic carbocycles. The molecule has 13 heavy (non-hydrogen) atoms. The van der Waals surface area contributed by atoms with E-state index in [-0.39, 0.29) is 12.2 Å². The van der Waals surface area contributed by atoms with Gasteiger partial charge >= 0.3 is 5.97 Å². The third-order valence-electron chi connectivity index (χ3n) is 2.78. The van der Waals surface area contributed by atoms with E-state index >= 15 is 0 Å². The van der Waals surface area contributed by atoms with Gasteiger partial charge in [0, 0.05) is 19.3 Å². The highest BCUT2D eigenvalue weighted by Crippen LogP contribution is 2.46. The fourth-order valence-corrected chi connectivity index (χ4v) is 2.08. The number of ether oxygens (including phenoxy) is 2. The van der Waals surface area contributed by atoms with E-state index in [1.165, 1.54) is 0 Å². The molecule has 0 bridgehead atoms. The van der Waals surface area contributed by atoms with Crippen LogP contribution in [0.4, 0.5) is 0 Å². The third-order valence-corrected chi connectivity index (χ3v) is 2.78. The fraction of sp³-hybridized carbons (Fsp3) is 0.889. The summed E-state index contributed by atoms with van der Waals surface area (Å²) < 4.78 is 10.9. The molecular formula is C9H14O4. The standard InChI is InChI=1S/C9H14O4/c10-8(11)2-1-7-5-9(6-7)12-3-4-13-9/h7H,1-6H2,(H,10,11). The van der Waals surface area contributed by atoms with Crippen LogP contribution in [0.2, 0.25) is 0 Å². The van der Waals surface area contributed by atoms with E-state index in [0.717, 1.165) is 19.3 Å². The third kappa shape index (κ3) is 1.84. The SMILES string of the molecule is O=C(O)CCC1CC2(C1)OCCO2. The van der Waals surface area contributed by atoms with E-state index in [1.807, 2.05) is 0 Å². The highest BCUT2D eigenvalue weighted by atomic mass is 16.7. The van der Waals surface area contributed by atoms with Crippen LogP contribution in [0.15, 0.2) is 0 Å². The van der Waals surface area contributed by atoms with Crippen LogP contribution < -0.4 is 0 Å². The summed E-state index contributed by atoms with van der Waals surface area (Å²) in [4.78, 5) is 10.3. The Hall–Kier alpha value is -0.610. The number of rotatable bonds is 3. The summed E-state index contributed by atoms with van der Waals surface area (Å²) in [6.07, 6.45) is 2.77. The molecule has 0 atom stereocenters. The van der Waals surface area contributed by atoms with E-state index in [4.69, 9.17) is 14.6 Å². The summed E-state index contributed by atoms with van der Waals surface area (Å²) in [5.74, 6) is -0.549. The van der Waals surface area contributed by atoms with Gasteiger partial charge in [-0.25, -0.2) is 0 Å². The smallest absolute Gasteiger partial charge is 0.303 e. The molecule has 1 spiro atoms. The predicted molar refractivity (Wildman–Crippen MR) is 44.2 cm³/mol. The van der Waals surface area contributed by atoms with E-state index in [2.05, 4.69) is 0 Å². The molecule has 1 saturated carbocycles. The maximum atomic E-state index is 10.3. The van der Waals surface area contributed by atoms with Gasteiger partial charge in [-0.15, -0.1) is 0 Å². The van der Waals surface area contributed by atoms with Gasteiger partial charge < -0.3 is 14.6 Å². The van der Waals surface area contributed by atoms with Crippen molar-refractivity contribution in [1.29, 1.82) is 0 Å². The van der Waals surface area contributed by atoms with E-state index in [1.54, 1.807) is 0 Å². The van der Waals surface area contributed by atoms with Crippen molar-refractivity contribution in [3.63, 3.8) is 0 Å². The minimum Gasteiger partial charge on any atom is -0.481 e. The Morgan fingerprint density at radius 1 is 1.38 bits per heavy atom. The van der Waals surface area contributed by atoms with Gasteiger partial charge in [-0.3, -0.25) is 4.79 Å². The average Bonchev–Trinajstić information content (AvgIpc) is 2.46. The Bertz CT molecular complexity index is 200. The van der Waals surface area contributed by atoms with Crippen LogP contribution in [0.1, 0.15) is 25.7 Å². The highest BCUT2D eigenvalue weighted by Gasteiger charge is 2.48. The van der Waals surface area contributed by atoms with Crippen molar-refractivity contribution < 1.29 is 19.4 Å². The number of hydrogen-bond donors (Lipinski definition) is 1. The molecule has 2 rings (SSSR count). The molecule has 74 valence electrons. The number of carboxylic acid groups (broad SMARTS) is 1. The summed E-state index contributed by atoms with van der Waals surface area (Å²) in [6, 6.07) is 0.